The van der Waals surface area contributed by atoms with Crippen LogP contribution in [0.3, 0.4) is 0 Å². The largest absolute Gasteiger partial charge is 0.382 e. The predicted octanol–water partition coefficient (Wildman–Crippen LogP) is 0.658. The number of sulfone groups is 1. The van der Waals surface area contributed by atoms with Gasteiger partial charge in [-0.3, -0.25) is 4.90 Å². The van der Waals surface area contributed by atoms with Crippen molar-refractivity contribution < 1.29 is 8.42 Å². The van der Waals surface area contributed by atoms with Gasteiger partial charge in [0.15, 0.2) is 15.7 Å². The molecule has 0 radical (unpaired) electrons. The molecule has 8 heteroatoms. The van der Waals surface area contributed by atoms with E-state index in [1.54, 1.807) is 0 Å². The second-order valence-electron chi connectivity index (χ2n) is 5.24. The van der Waals surface area contributed by atoms with Crippen LogP contribution in [0.15, 0.2) is 4.90 Å². The molecular weight excluding hydrogens is 284 g/mol. The molecule has 2 atom stereocenters. The summed E-state index contributed by atoms with van der Waals surface area (Å²) in [6.07, 6.45) is 1.18. The first-order valence-corrected chi connectivity index (χ1v) is 8.80. The van der Waals surface area contributed by atoms with Crippen LogP contribution in [-0.2, 0) is 9.84 Å². The molecule has 108 valence electrons. The zero-order valence-electron chi connectivity index (χ0n) is 11.6. The average Bonchev–Trinajstić information content (AvgIpc) is 2.67. The fraction of sp³-hybridized carbons (Fsp3) is 0.727. The maximum absolute atomic E-state index is 11.9. The van der Waals surface area contributed by atoms with Crippen LogP contribution < -0.4 is 10.6 Å². The van der Waals surface area contributed by atoms with Gasteiger partial charge in [0, 0.05) is 31.4 Å². The number of likely N-dealkylation sites (N-methyl/N-ethyl adjacent to an activating group) is 1. The Labute approximate surface area is 118 Å². The Morgan fingerprint density at radius 1 is 1.32 bits per heavy atom. The maximum Gasteiger partial charge on any atom is 0.182 e. The van der Waals surface area contributed by atoms with Crippen molar-refractivity contribution in [2.75, 3.05) is 37.0 Å². The lowest BCUT2D eigenvalue weighted by Gasteiger charge is -2.42. The third-order valence-electron chi connectivity index (χ3n) is 3.68. The Morgan fingerprint density at radius 2 is 1.84 bits per heavy atom. The Morgan fingerprint density at radius 3 is 2.32 bits per heavy atom. The van der Waals surface area contributed by atoms with Crippen LogP contribution in [0.25, 0.3) is 0 Å². The summed E-state index contributed by atoms with van der Waals surface area (Å²) < 4.78 is 27.7. The monoisotopic (exact) mass is 304 g/mol. The molecular formula is C11H20N4O2S2. The summed E-state index contributed by atoms with van der Waals surface area (Å²) in [5.41, 5.74) is 5.71. The number of nitrogens with zero attached hydrogens (tertiary/aromatic N) is 3. The number of nitrogen functional groups attached to an aromatic ring is 1. The van der Waals surface area contributed by atoms with Gasteiger partial charge in [0.1, 0.15) is 9.90 Å². The van der Waals surface area contributed by atoms with Crippen LogP contribution in [0.2, 0.25) is 0 Å². The molecule has 1 aliphatic rings. The first-order valence-electron chi connectivity index (χ1n) is 6.14. The van der Waals surface area contributed by atoms with Crippen molar-refractivity contribution in [2.45, 2.75) is 30.8 Å². The minimum absolute atomic E-state index is 0.113. The summed E-state index contributed by atoms with van der Waals surface area (Å²) in [5.74, 6) is 0.113. The van der Waals surface area contributed by atoms with E-state index in [1.807, 2.05) is 0 Å². The van der Waals surface area contributed by atoms with Gasteiger partial charge in [0.05, 0.1) is 0 Å². The molecule has 19 heavy (non-hydrogen) atoms. The van der Waals surface area contributed by atoms with Crippen molar-refractivity contribution in [1.29, 1.82) is 0 Å². The Bertz CT molecular complexity index is 557. The molecule has 1 saturated heterocycles. The number of nitrogens with two attached hydrogens (primary N) is 1. The van der Waals surface area contributed by atoms with Gasteiger partial charge in [-0.15, -0.1) is 0 Å². The van der Waals surface area contributed by atoms with Gasteiger partial charge in [0.25, 0.3) is 0 Å². The molecule has 0 spiro atoms. The summed E-state index contributed by atoms with van der Waals surface area (Å²) in [6, 6.07) is 0.721. The zero-order chi connectivity index (χ0) is 14.4. The normalized spacial score (nSPS) is 25.8. The minimum atomic E-state index is -3.35. The van der Waals surface area contributed by atoms with Gasteiger partial charge in [-0.05, 0) is 32.4 Å². The van der Waals surface area contributed by atoms with E-state index in [0.29, 0.717) is 17.1 Å². The van der Waals surface area contributed by atoms with Crippen molar-refractivity contribution in [3.05, 3.63) is 0 Å². The van der Waals surface area contributed by atoms with E-state index in [1.165, 1.54) is 17.8 Å². The third kappa shape index (κ3) is 2.70. The van der Waals surface area contributed by atoms with Gasteiger partial charge in [-0.2, -0.15) is 4.37 Å². The molecule has 2 rings (SSSR count). The van der Waals surface area contributed by atoms with Crippen molar-refractivity contribution >= 4 is 32.2 Å². The molecule has 0 bridgehead atoms. The second kappa shape index (κ2) is 4.92. The highest BCUT2D eigenvalue weighted by Gasteiger charge is 2.32. The predicted molar refractivity (Wildman–Crippen MR) is 78.5 cm³/mol. The summed E-state index contributed by atoms with van der Waals surface area (Å²) in [7, 11) is -1.26. The van der Waals surface area contributed by atoms with Gasteiger partial charge in [-0.1, -0.05) is 0 Å². The standard InChI is InChI=1S/C11H20N4O2S2/c1-7-5-15(6-8(2)14(7)3)11-9(19(4,16)17)10(12)13-18-11/h7-8H,5-6H2,1-4H3,(H2,12,13). The Kier molecular flexibility index (Phi) is 3.76. The third-order valence-corrected chi connectivity index (χ3v) is 5.87. The second-order valence-corrected chi connectivity index (χ2v) is 7.95. The van der Waals surface area contributed by atoms with Crippen molar-refractivity contribution in [2.24, 2.45) is 0 Å². The molecule has 1 aromatic rings. The van der Waals surface area contributed by atoms with Crippen LogP contribution in [-0.4, -0.2) is 56.2 Å². The number of hydrogen-bond acceptors (Lipinski definition) is 7. The minimum Gasteiger partial charge on any atom is -0.382 e. The number of rotatable bonds is 2. The van der Waals surface area contributed by atoms with E-state index in [2.05, 4.69) is 35.1 Å². The molecule has 1 fully saturated rings. The SMILES string of the molecule is CC1CN(c2snc(N)c2S(C)(=O)=O)CC(C)N1C. The zero-order valence-corrected chi connectivity index (χ0v) is 13.3. The van der Waals surface area contributed by atoms with Crippen LogP contribution >= 0.6 is 11.5 Å². The summed E-state index contributed by atoms with van der Waals surface area (Å²) >= 11 is 1.17. The van der Waals surface area contributed by atoms with E-state index >= 15 is 0 Å². The maximum atomic E-state index is 11.9. The molecule has 1 aromatic heterocycles. The molecule has 2 N–H and O–H groups in total. The van der Waals surface area contributed by atoms with E-state index in [0.717, 1.165) is 13.1 Å². The quantitative estimate of drug-likeness (QED) is 0.864. The summed E-state index contributed by atoms with van der Waals surface area (Å²) in [6.45, 7) is 5.83. The number of piperazine rings is 1. The summed E-state index contributed by atoms with van der Waals surface area (Å²) in [4.78, 5) is 4.56. The fourth-order valence-electron chi connectivity index (χ4n) is 2.41. The highest BCUT2D eigenvalue weighted by Crippen LogP contribution is 2.36. The average molecular weight is 304 g/mol. The van der Waals surface area contributed by atoms with Gasteiger partial charge < -0.3 is 10.6 Å². The number of anilines is 2. The molecule has 0 aliphatic carbocycles. The number of hydrogen-bond donors (Lipinski definition) is 1. The molecule has 1 aliphatic heterocycles. The molecule has 0 aromatic carbocycles. The highest BCUT2D eigenvalue weighted by molar-refractivity contribution is 7.91. The molecule has 0 amide bonds. The van der Waals surface area contributed by atoms with Crippen LogP contribution in [0.5, 0.6) is 0 Å². The van der Waals surface area contributed by atoms with Crippen molar-refractivity contribution in [3.63, 3.8) is 0 Å². The molecule has 2 unspecified atom stereocenters. The fourth-order valence-corrected chi connectivity index (χ4v) is 4.63. The Balaban J connectivity index is 2.39. The van der Waals surface area contributed by atoms with Crippen LogP contribution in [0.1, 0.15) is 13.8 Å². The number of aromatic nitrogens is 1. The highest BCUT2D eigenvalue weighted by atomic mass is 32.2. The van der Waals surface area contributed by atoms with Gasteiger partial charge in [-0.25, -0.2) is 8.42 Å². The summed E-state index contributed by atoms with van der Waals surface area (Å²) in [5, 5.41) is 0.673. The topological polar surface area (TPSA) is 79.5 Å². The van der Waals surface area contributed by atoms with E-state index < -0.39 is 9.84 Å². The smallest absolute Gasteiger partial charge is 0.182 e. The van der Waals surface area contributed by atoms with Gasteiger partial charge in [0.2, 0.25) is 0 Å². The first-order chi connectivity index (χ1) is 8.71. The van der Waals surface area contributed by atoms with Crippen LogP contribution in [0, 0.1) is 0 Å². The van der Waals surface area contributed by atoms with Crippen LogP contribution in [0.4, 0.5) is 10.8 Å². The van der Waals surface area contributed by atoms with E-state index in [-0.39, 0.29) is 10.7 Å². The van der Waals surface area contributed by atoms with E-state index in [4.69, 9.17) is 5.73 Å². The molecule has 6 nitrogen and oxygen atoms in total. The molecule has 0 saturated carbocycles. The Hall–Kier alpha value is -0.860. The first kappa shape index (κ1) is 14.5. The molecule has 2 heterocycles. The van der Waals surface area contributed by atoms with Crippen molar-refractivity contribution in [1.82, 2.24) is 9.27 Å². The van der Waals surface area contributed by atoms with Gasteiger partial charge >= 0.3 is 0 Å². The lowest BCUT2D eigenvalue weighted by molar-refractivity contribution is 0.170. The lowest BCUT2D eigenvalue weighted by Crippen LogP contribution is -2.55. The lowest BCUT2D eigenvalue weighted by atomic mass is 10.1. The van der Waals surface area contributed by atoms with Crippen molar-refractivity contribution in [3.8, 4) is 0 Å². The van der Waals surface area contributed by atoms with E-state index in [9.17, 15) is 8.42 Å².